The van der Waals surface area contributed by atoms with Gasteiger partial charge in [0.2, 0.25) is 0 Å². The first-order valence-corrected chi connectivity index (χ1v) is 10.6. The molecule has 0 aromatic carbocycles. The number of alkyl halides is 1. The van der Waals surface area contributed by atoms with Crippen molar-refractivity contribution in [3.05, 3.63) is 4.91 Å². The van der Waals surface area contributed by atoms with Crippen LogP contribution in [0, 0.1) is 4.91 Å². The second-order valence-electron chi connectivity index (χ2n) is 6.85. The van der Waals surface area contributed by atoms with E-state index in [1.807, 2.05) is 0 Å². The van der Waals surface area contributed by atoms with Crippen LogP contribution in [0.2, 0.25) is 0 Å². The number of hydrogen-bond acceptors (Lipinski definition) is 13. The predicted octanol–water partition coefficient (Wildman–Crippen LogP) is 0.208. The Morgan fingerprint density at radius 1 is 0.771 bits per heavy atom. The summed E-state index contributed by atoms with van der Waals surface area (Å²) in [5, 5.41) is 5.21. The number of nitrogens with zero attached hydrogens (tertiary/aromatic N) is 2. The van der Waals surface area contributed by atoms with Crippen LogP contribution in [-0.4, -0.2) is 90.9 Å². The lowest BCUT2D eigenvalue weighted by atomic mass is 10.0. The number of nitrogens with one attached hydrogen (secondary N) is 1. The van der Waals surface area contributed by atoms with E-state index in [4.69, 9.17) is 35.3 Å². The van der Waals surface area contributed by atoms with Crippen LogP contribution in [0.25, 0.3) is 0 Å². The highest BCUT2D eigenvalue weighted by Crippen LogP contribution is 2.19. The predicted molar refractivity (Wildman–Crippen MR) is 115 cm³/mol. The number of carbonyl (C=O) groups is 6. The molecule has 15 nitrogen and oxygen atoms in total. The van der Waals surface area contributed by atoms with Crippen LogP contribution < -0.4 is 5.32 Å². The van der Waals surface area contributed by atoms with Gasteiger partial charge in [-0.15, -0.1) is 16.5 Å². The molecular formula is C19H28ClN3O12. The van der Waals surface area contributed by atoms with Gasteiger partial charge in [-0.05, 0) is 0 Å². The van der Waals surface area contributed by atoms with Gasteiger partial charge in [0.15, 0.2) is 18.3 Å². The molecule has 0 unspecified atom stereocenters. The molecule has 0 spiro atoms. The maximum absolute atomic E-state index is 12.5. The molecule has 0 fully saturated rings. The van der Waals surface area contributed by atoms with Gasteiger partial charge in [-0.1, -0.05) is 0 Å². The van der Waals surface area contributed by atoms with Gasteiger partial charge < -0.3 is 29.0 Å². The molecule has 0 rings (SSSR count). The summed E-state index contributed by atoms with van der Waals surface area (Å²) >= 11 is 5.54. The van der Waals surface area contributed by atoms with Crippen LogP contribution >= 0.6 is 11.6 Å². The van der Waals surface area contributed by atoms with Crippen LogP contribution in [0.1, 0.15) is 34.6 Å². The molecule has 35 heavy (non-hydrogen) atoms. The molecule has 0 aliphatic carbocycles. The molecular weight excluding hydrogens is 498 g/mol. The van der Waals surface area contributed by atoms with Crippen LogP contribution in [0.15, 0.2) is 5.29 Å². The van der Waals surface area contributed by atoms with Gasteiger partial charge in [-0.3, -0.25) is 24.0 Å². The average molecular weight is 526 g/mol. The average Bonchev–Trinajstić information content (AvgIpc) is 2.73. The minimum absolute atomic E-state index is 0.159. The number of esters is 5. The molecule has 0 radical (unpaired) electrons. The zero-order valence-corrected chi connectivity index (χ0v) is 20.6. The van der Waals surface area contributed by atoms with Crippen molar-refractivity contribution >= 4 is 47.5 Å². The molecule has 0 aromatic heterocycles. The molecule has 16 heteroatoms. The summed E-state index contributed by atoms with van der Waals surface area (Å²) in [5.74, 6) is -4.46. The van der Waals surface area contributed by atoms with Crippen molar-refractivity contribution in [2.24, 2.45) is 5.29 Å². The van der Waals surface area contributed by atoms with Crippen molar-refractivity contribution in [2.75, 3.05) is 25.6 Å². The van der Waals surface area contributed by atoms with E-state index in [0.717, 1.165) is 34.6 Å². The lowest BCUT2D eigenvalue weighted by Gasteiger charge is -2.36. The van der Waals surface area contributed by atoms with Gasteiger partial charge in [0, 0.05) is 40.5 Å². The van der Waals surface area contributed by atoms with E-state index in [-0.39, 0.29) is 12.4 Å². The maximum atomic E-state index is 12.5. The van der Waals surface area contributed by atoms with Crippen molar-refractivity contribution in [1.29, 1.82) is 0 Å². The van der Waals surface area contributed by atoms with Crippen molar-refractivity contribution in [2.45, 2.75) is 59.0 Å². The van der Waals surface area contributed by atoms with Crippen LogP contribution in [0.4, 0.5) is 4.79 Å². The SMILES string of the molecule is CC(=O)OC[C@H](NC(=O)N(CCCl)N=O)[C@@H](OC(C)=O)[C@H](OC(C)=O)[C@@H](COC(C)=O)OC(C)=O. The van der Waals surface area contributed by atoms with Gasteiger partial charge in [-0.2, -0.15) is 5.01 Å². The van der Waals surface area contributed by atoms with Crippen molar-refractivity contribution in [1.82, 2.24) is 10.3 Å². The van der Waals surface area contributed by atoms with Gasteiger partial charge >= 0.3 is 35.9 Å². The summed E-state index contributed by atoms with van der Waals surface area (Å²) in [6, 6.07) is -2.60. The summed E-state index contributed by atoms with van der Waals surface area (Å²) in [6.45, 7) is 3.54. The standard InChI is InChI=1S/C19H28ClN3O12/c1-10(24)31-8-15(21-19(29)23(22-30)7-6-20)17(34-13(4)27)18(35-14(5)28)16(33-12(3)26)9-32-11(2)25/h15-18H,6-9H2,1-5H3,(H,21,29)/t15-,16+,17+,18+/m0/s1. The summed E-state index contributed by atoms with van der Waals surface area (Å²) in [4.78, 5) is 81.7. The Hall–Kier alpha value is -3.49. The topological polar surface area (TPSA) is 193 Å². The molecule has 4 atom stereocenters. The second-order valence-corrected chi connectivity index (χ2v) is 7.23. The molecule has 0 aliphatic heterocycles. The lowest BCUT2D eigenvalue weighted by molar-refractivity contribution is -0.192. The van der Waals surface area contributed by atoms with Gasteiger partial charge in [0.05, 0.1) is 11.8 Å². The molecule has 198 valence electrons. The van der Waals surface area contributed by atoms with E-state index in [2.05, 4.69) is 10.6 Å². The third kappa shape index (κ3) is 13.1. The Morgan fingerprint density at radius 2 is 1.26 bits per heavy atom. The number of carbonyl (C=O) groups excluding carboxylic acids is 6. The first-order valence-electron chi connectivity index (χ1n) is 10.1. The van der Waals surface area contributed by atoms with E-state index in [1.165, 1.54) is 0 Å². The third-order valence-electron chi connectivity index (χ3n) is 3.86. The van der Waals surface area contributed by atoms with Crippen LogP contribution in [0.5, 0.6) is 0 Å². The third-order valence-corrected chi connectivity index (χ3v) is 4.03. The number of urea groups is 1. The molecule has 0 bridgehead atoms. The summed E-state index contributed by atoms with van der Waals surface area (Å²) in [6.07, 6.45) is -4.88. The Morgan fingerprint density at radius 3 is 1.69 bits per heavy atom. The Labute approximate surface area is 205 Å². The molecule has 0 saturated carbocycles. The largest absolute Gasteiger partial charge is 0.464 e. The minimum Gasteiger partial charge on any atom is -0.464 e. The van der Waals surface area contributed by atoms with Gasteiger partial charge in [0.1, 0.15) is 19.3 Å². The van der Waals surface area contributed by atoms with Crippen molar-refractivity contribution in [3.8, 4) is 0 Å². The number of hydrogen-bond donors (Lipinski definition) is 1. The minimum atomic E-state index is -1.68. The number of ether oxygens (including phenoxy) is 5. The van der Waals surface area contributed by atoms with E-state index in [9.17, 15) is 33.7 Å². The van der Waals surface area contributed by atoms with E-state index >= 15 is 0 Å². The van der Waals surface area contributed by atoms with Crippen molar-refractivity contribution < 1.29 is 52.5 Å². The summed E-state index contributed by atoms with van der Waals surface area (Å²) in [5.41, 5.74) is 0. The first kappa shape index (κ1) is 31.5. The summed E-state index contributed by atoms with van der Waals surface area (Å²) < 4.78 is 25.4. The van der Waals surface area contributed by atoms with E-state index < -0.39 is 73.4 Å². The fourth-order valence-corrected chi connectivity index (χ4v) is 2.80. The highest BCUT2D eigenvalue weighted by molar-refractivity contribution is 6.18. The monoisotopic (exact) mass is 525 g/mol. The number of amides is 2. The fourth-order valence-electron chi connectivity index (χ4n) is 2.64. The van der Waals surface area contributed by atoms with E-state index in [0.29, 0.717) is 5.01 Å². The maximum Gasteiger partial charge on any atom is 0.340 e. The number of halogens is 1. The smallest absolute Gasteiger partial charge is 0.340 e. The quantitative estimate of drug-likeness (QED) is 0.107. The fraction of sp³-hybridized carbons (Fsp3) is 0.684. The van der Waals surface area contributed by atoms with E-state index in [1.54, 1.807) is 0 Å². The zero-order chi connectivity index (χ0) is 27.1. The second kappa shape index (κ2) is 16.2. The van der Waals surface area contributed by atoms with Crippen molar-refractivity contribution in [3.63, 3.8) is 0 Å². The van der Waals surface area contributed by atoms with Crippen LogP contribution in [0.3, 0.4) is 0 Å². The zero-order valence-electron chi connectivity index (χ0n) is 19.8. The number of rotatable bonds is 14. The van der Waals surface area contributed by atoms with Crippen LogP contribution in [-0.2, 0) is 47.7 Å². The number of nitroso groups, excluding NO2 is 1. The molecule has 0 heterocycles. The summed E-state index contributed by atoms with van der Waals surface area (Å²) in [7, 11) is 0. The Bertz CT molecular complexity index is 793. The molecule has 0 aliphatic rings. The Kier molecular flexibility index (Phi) is 14.6. The molecule has 1 N–H and O–H groups in total. The normalized spacial score (nSPS) is 13.7. The highest BCUT2D eigenvalue weighted by atomic mass is 35.5. The van der Waals surface area contributed by atoms with Gasteiger partial charge in [0.25, 0.3) is 0 Å². The van der Waals surface area contributed by atoms with Gasteiger partial charge in [-0.25, -0.2) is 4.79 Å². The molecule has 2 amide bonds. The molecule has 0 saturated heterocycles. The highest BCUT2D eigenvalue weighted by Gasteiger charge is 2.44. The first-order chi connectivity index (χ1) is 16.3. The lowest BCUT2D eigenvalue weighted by Crippen LogP contribution is -2.59. The Balaban J connectivity index is 6.48. The molecule has 0 aromatic rings.